The van der Waals surface area contributed by atoms with Crippen LogP contribution >= 0.6 is 0 Å². The number of hydrogen-bond donors (Lipinski definition) is 3. The number of rotatable bonds is 5. The van der Waals surface area contributed by atoms with E-state index in [1.807, 2.05) is 13.8 Å². The van der Waals surface area contributed by atoms with Crippen LogP contribution < -0.4 is 11.1 Å². The van der Waals surface area contributed by atoms with Crippen molar-refractivity contribution in [3.8, 4) is 0 Å². The van der Waals surface area contributed by atoms with E-state index in [0.717, 1.165) is 0 Å². The summed E-state index contributed by atoms with van der Waals surface area (Å²) in [6.45, 7) is 12.8. The van der Waals surface area contributed by atoms with E-state index in [0.29, 0.717) is 12.5 Å². The molecule has 0 aromatic carbocycles. The summed E-state index contributed by atoms with van der Waals surface area (Å²) in [6.07, 6.45) is 0. The quantitative estimate of drug-likeness (QED) is 0.304. The van der Waals surface area contributed by atoms with Gasteiger partial charge in [0.25, 0.3) is 0 Å². The van der Waals surface area contributed by atoms with Crippen LogP contribution in [0.15, 0.2) is 5.16 Å². The van der Waals surface area contributed by atoms with Gasteiger partial charge in [-0.3, -0.25) is 4.79 Å². The average Bonchev–Trinajstić information content (AvgIpc) is 2.23. The van der Waals surface area contributed by atoms with Crippen molar-refractivity contribution in [3.63, 3.8) is 0 Å². The van der Waals surface area contributed by atoms with Gasteiger partial charge in [-0.15, -0.1) is 0 Å². The second kappa shape index (κ2) is 6.61. The molecule has 2 unspecified atom stereocenters. The largest absolute Gasteiger partial charge is 0.409 e. The minimum atomic E-state index is -0.581. The van der Waals surface area contributed by atoms with Crippen LogP contribution in [-0.2, 0) is 4.79 Å². The van der Waals surface area contributed by atoms with Crippen molar-refractivity contribution in [1.29, 1.82) is 0 Å². The van der Waals surface area contributed by atoms with Gasteiger partial charge in [0, 0.05) is 6.54 Å². The molecule has 0 bridgehead atoms. The van der Waals surface area contributed by atoms with Gasteiger partial charge < -0.3 is 16.3 Å². The fourth-order valence-electron chi connectivity index (χ4n) is 1.51. The fraction of sp³-hybridized carbons (Fsp3) is 0.846. The predicted molar refractivity (Wildman–Crippen MR) is 73.4 cm³/mol. The Kier molecular flexibility index (Phi) is 6.15. The molecule has 0 aliphatic carbocycles. The molecule has 0 spiro atoms. The zero-order chi connectivity index (χ0) is 14.5. The Morgan fingerprint density at radius 1 is 1.33 bits per heavy atom. The van der Waals surface area contributed by atoms with Crippen LogP contribution in [0.2, 0.25) is 0 Å². The molecule has 0 aromatic heterocycles. The molecule has 0 aliphatic heterocycles. The van der Waals surface area contributed by atoms with Crippen molar-refractivity contribution in [3.05, 3.63) is 0 Å². The SMILES string of the molecule is CC(C)C(C(=O)NCC(C)C(C)(C)C)C(N)=NO. The number of carbonyl (C=O) groups excluding carboxylic acids is 1. The second-order valence-corrected chi connectivity index (χ2v) is 6.26. The van der Waals surface area contributed by atoms with E-state index in [9.17, 15) is 4.79 Å². The summed E-state index contributed by atoms with van der Waals surface area (Å²) in [6, 6.07) is 0. The number of nitrogens with one attached hydrogen (secondary N) is 1. The van der Waals surface area contributed by atoms with Crippen molar-refractivity contribution in [2.75, 3.05) is 6.54 Å². The summed E-state index contributed by atoms with van der Waals surface area (Å²) in [4.78, 5) is 12.0. The summed E-state index contributed by atoms with van der Waals surface area (Å²) < 4.78 is 0. The van der Waals surface area contributed by atoms with Gasteiger partial charge in [-0.05, 0) is 17.3 Å². The molecule has 5 nitrogen and oxygen atoms in total. The highest BCUT2D eigenvalue weighted by Gasteiger charge is 2.28. The first-order valence-electron chi connectivity index (χ1n) is 6.36. The van der Waals surface area contributed by atoms with Crippen LogP contribution in [0.25, 0.3) is 0 Å². The van der Waals surface area contributed by atoms with Crippen LogP contribution in [0.4, 0.5) is 0 Å². The zero-order valence-electron chi connectivity index (χ0n) is 12.3. The minimum absolute atomic E-state index is 0.00848. The number of carbonyl (C=O) groups is 1. The fourth-order valence-corrected chi connectivity index (χ4v) is 1.51. The van der Waals surface area contributed by atoms with Gasteiger partial charge in [0.05, 0.1) is 0 Å². The van der Waals surface area contributed by atoms with Gasteiger partial charge in [-0.2, -0.15) is 0 Å². The number of amidine groups is 1. The Morgan fingerprint density at radius 3 is 2.17 bits per heavy atom. The summed E-state index contributed by atoms with van der Waals surface area (Å²) >= 11 is 0. The highest BCUT2D eigenvalue weighted by atomic mass is 16.4. The smallest absolute Gasteiger partial charge is 0.231 e. The van der Waals surface area contributed by atoms with E-state index in [4.69, 9.17) is 10.9 Å². The molecule has 5 heteroatoms. The maximum atomic E-state index is 12.0. The molecule has 0 rings (SSSR count). The molecule has 0 radical (unpaired) electrons. The molecular formula is C13H27N3O2. The Bertz CT molecular complexity index is 306. The molecular weight excluding hydrogens is 230 g/mol. The summed E-state index contributed by atoms with van der Waals surface area (Å²) in [7, 11) is 0. The highest BCUT2D eigenvalue weighted by molar-refractivity contribution is 6.02. The van der Waals surface area contributed by atoms with Crippen molar-refractivity contribution in [2.45, 2.75) is 41.5 Å². The lowest BCUT2D eigenvalue weighted by Crippen LogP contribution is -2.44. The van der Waals surface area contributed by atoms with Crippen molar-refractivity contribution < 1.29 is 10.0 Å². The molecule has 0 aliphatic rings. The number of hydrogen-bond acceptors (Lipinski definition) is 3. The summed E-state index contributed by atoms with van der Waals surface area (Å²) in [5, 5.41) is 14.5. The van der Waals surface area contributed by atoms with Gasteiger partial charge in [0.1, 0.15) is 5.92 Å². The molecule has 0 aromatic rings. The molecule has 1 amide bonds. The van der Waals surface area contributed by atoms with Gasteiger partial charge >= 0.3 is 0 Å². The van der Waals surface area contributed by atoms with Crippen molar-refractivity contribution in [1.82, 2.24) is 5.32 Å². The van der Waals surface area contributed by atoms with Crippen LogP contribution in [0.5, 0.6) is 0 Å². The summed E-state index contributed by atoms with van der Waals surface area (Å²) in [5.41, 5.74) is 5.69. The van der Waals surface area contributed by atoms with Gasteiger partial charge in [-0.25, -0.2) is 0 Å². The van der Waals surface area contributed by atoms with Gasteiger partial charge in [0.15, 0.2) is 5.84 Å². The monoisotopic (exact) mass is 257 g/mol. The third kappa shape index (κ3) is 4.94. The highest BCUT2D eigenvalue weighted by Crippen LogP contribution is 2.24. The van der Waals surface area contributed by atoms with E-state index >= 15 is 0 Å². The lowest BCUT2D eigenvalue weighted by molar-refractivity contribution is -0.124. The Morgan fingerprint density at radius 2 is 1.83 bits per heavy atom. The minimum Gasteiger partial charge on any atom is -0.409 e. The number of oxime groups is 1. The summed E-state index contributed by atoms with van der Waals surface area (Å²) in [5.74, 6) is -0.461. The second-order valence-electron chi connectivity index (χ2n) is 6.26. The topological polar surface area (TPSA) is 87.7 Å². The first-order valence-corrected chi connectivity index (χ1v) is 6.36. The molecule has 0 fully saturated rings. The van der Waals surface area contributed by atoms with Crippen molar-refractivity contribution >= 4 is 11.7 Å². The number of nitrogens with zero attached hydrogens (tertiary/aromatic N) is 1. The normalized spacial score (nSPS) is 16.5. The van der Waals surface area contributed by atoms with Crippen LogP contribution in [-0.4, -0.2) is 23.5 Å². The van der Waals surface area contributed by atoms with Crippen LogP contribution in [0, 0.1) is 23.2 Å². The molecule has 18 heavy (non-hydrogen) atoms. The van der Waals surface area contributed by atoms with Gasteiger partial charge in [0.2, 0.25) is 5.91 Å². The maximum Gasteiger partial charge on any atom is 0.231 e. The molecule has 106 valence electrons. The third-order valence-electron chi connectivity index (χ3n) is 3.44. The average molecular weight is 257 g/mol. The molecule has 4 N–H and O–H groups in total. The Labute approximate surface area is 110 Å². The number of amides is 1. The standard InChI is InChI=1S/C13H27N3O2/c1-8(2)10(11(14)16-18)12(17)15-7-9(3)13(4,5)6/h8-10,18H,7H2,1-6H3,(H2,14,16)(H,15,17). The molecule has 0 saturated heterocycles. The molecule has 2 atom stereocenters. The van der Waals surface area contributed by atoms with E-state index in [2.05, 4.69) is 38.2 Å². The van der Waals surface area contributed by atoms with Crippen LogP contribution in [0.3, 0.4) is 0 Å². The van der Waals surface area contributed by atoms with E-state index in [1.165, 1.54) is 0 Å². The molecule has 0 heterocycles. The van der Waals surface area contributed by atoms with Crippen molar-refractivity contribution in [2.24, 2.45) is 34.1 Å². The Balaban J connectivity index is 4.56. The van der Waals surface area contributed by atoms with Crippen LogP contribution in [0.1, 0.15) is 41.5 Å². The van der Waals surface area contributed by atoms with E-state index < -0.39 is 5.92 Å². The molecule has 0 saturated carbocycles. The first-order chi connectivity index (χ1) is 8.11. The first kappa shape index (κ1) is 16.7. The zero-order valence-corrected chi connectivity index (χ0v) is 12.3. The predicted octanol–water partition coefficient (Wildman–Crippen LogP) is 1.80. The lowest BCUT2D eigenvalue weighted by Gasteiger charge is -2.28. The van der Waals surface area contributed by atoms with Gasteiger partial charge in [-0.1, -0.05) is 46.7 Å². The Hall–Kier alpha value is -1.26. The maximum absolute atomic E-state index is 12.0. The van der Waals surface area contributed by atoms with E-state index in [-0.39, 0.29) is 23.1 Å². The third-order valence-corrected chi connectivity index (χ3v) is 3.44. The van der Waals surface area contributed by atoms with E-state index in [1.54, 1.807) is 0 Å². The number of nitrogens with two attached hydrogens (primary N) is 1. The lowest BCUT2D eigenvalue weighted by atomic mass is 9.82.